The molecule has 0 spiro atoms. The predicted octanol–water partition coefficient (Wildman–Crippen LogP) is 16.5. The second-order valence-corrected chi connectivity index (χ2v) is 18.6. The summed E-state index contributed by atoms with van der Waals surface area (Å²) in [4.78, 5) is 10.6. The molecule has 0 radical (unpaired) electrons. The number of nitrogens with zero attached hydrogens (tertiary/aromatic N) is 4. The second-order valence-electron chi connectivity index (χ2n) is 18.6. The molecule has 4 heterocycles. The van der Waals surface area contributed by atoms with Crippen LogP contribution in [-0.4, -0.2) is 19.1 Å². The Balaban J connectivity index is 1.15. The van der Waals surface area contributed by atoms with E-state index in [4.69, 9.17) is 14.4 Å². The molecule has 0 aliphatic carbocycles. The Hall–Kier alpha value is -8.54. The monoisotopic (exact) mass is 860 g/mol. The molecule has 67 heavy (non-hydrogen) atoms. The van der Waals surface area contributed by atoms with Crippen molar-refractivity contribution in [1.29, 1.82) is 0 Å². The first kappa shape index (κ1) is 38.9. The zero-order valence-electron chi connectivity index (χ0n) is 37.4. The zero-order valence-corrected chi connectivity index (χ0v) is 37.4. The summed E-state index contributed by atoms with van der Waals surface area (Å²) >= 11 is 0. The highest BCUT2D eigenvalue weighted by Crippen LogP contribution is 2.46. The maximum absolute atomic E-state index is 6.74. The third-order valence-electron chi connectivity index (χ3n) is 13.5. The van der Waals surface area contributed by atoms with E-state index in [1.165, 1.54) is 38.1 Å². The number of hydrogen-bond donors (Lipinski definition) is 0. The second kappa shape index (κ2) is 15.0. The molecule has 0 saturated heterocycles. The van der Waals surface area contributed by atoms with Gasteiger partial charge in [-0.25, -0.2) is 9.97 Å². The van der Waals surface area contributed by atoms with Crippen molar-refractivity contribution in [2.24, 2.45) is 0 Å². The number of fused-ring (bicyclic) bond motifs is 9. The van der Waals surface area contributed by atoms with Crippen LogP contribution in [0.3, 0.4) is 0 Å². The summed E-state index contributed by atoms with van der Waals surface area (Å²) in [5.41, 5.74) is 17.3. The van der Waals surface area contributed by atoms with Crippen LogP contribution in [0.4, 0.5) is 0 Å². The molecule has 9 aromatic carbocycles. The molecule has 0 atom stereocenters. The minimum absolute atomic E-state index is 0.0583. The van der Waals surface area contributed by atoms with Crippen molar-refractivity contribution >= 4 is 65.7 Å². The highest BCUT2D eigenvalue weighted by atomic mass is 16.3. The summed E-state index contributed by atoms with van der Waals surface area (Å²) in [5, 5.41) is 5.85. The minimum Gasteiger partial charge on any atom is -0.452 e. The maximum Gasteiger partial charge on any atom is 0.180 e. The number of furan rings is 1. The molecule has 4 aromatic heterocycles. The van der Waals surface area contributed by atoms with E-state index in [1.807, 2.05) is 36.4 Å². The van der Waals surface area contributed by atoms with Gasteiger partial charge in [0.05, 0.1) is 27.8 Å². The van der Waals surface area contributed by atoms with E-state index in [1.54, 1.807) is 0 Å². The highest BCUT2D eigenvalue weighted by Gasteiger charge is 2.26. The van der Waals surface area contributed by atoms with Gasteiger partial charge in [0, 0.05) is 54.9 Å². The van der Waals surface area contributed by atoms with E-state index < -0.39 is 0 Å². The van der Waals surface area contributed by atoms with E-state index >= 15 is 0 Å². The van der Waals surface area contributed by atoms with Crippen LogP contribution >= 0.6 is 0 Å². The van der Waals surface area contributed by atoms with Crippen molar-refractivity contribution in [3.05, 3.63) is 218 Å². The van der Waals surface area contributed by atoms with Gasteiger partial charge in [0.15, 0.2) is 11.4 Å². The van der Waals surface area contributed by atoms with E-state index in [2.05, 4.69) is 206 Å². The highest BCUT2D eigenvalue weighted by molar-refractivity contribution is 6.14. The molecule has 5 nitrogen and oxygen atoms in total. The van der Waals surface area contributed by atoms with Crippen molar-refractivity contribution in [2.45, 2.75) is 26.2 Å². The number of hydrogen-bond acceptors (Lipinski definition) is 3. The fourth-order valence-electron chi connectivity index (χ4n) is 10.2. The standard InChI is InChI=1S/C62H44N4O/c1-62(2,3)43-31-33-54-50(37-43)51-38-44(65-52-28-16-13-25-45(52)46-26-14-17-29-53(46)65)32-34-55(51)66(54)59-48(39-19-7-4-8-20-39)35-42(36-49(59)40-21-9-5-10-22-40)57-60-58(47-27-15-18-30-56(47)67-60)64-61(63-57)41-23-11-6-12-24-41/h4-38H,1-3H3. The van der Waals surface area contributed by atoms with Crippen LogP contribution in [0.25, 0.3) is 122 Å². The van der Waals surface area contributed by atoms with Gasteiger partial charge >= 0.3 is 0 Å². The minimum atomic E-state index is -0.0583. The fourth-order valence-corrected chi connectivity index (χ4v) is 10.2. The molecule has 13 aromatic rings. The average Bonchev–Trinajstić information content (AvgIpc) is 4.03. The molecule has 318 valence electrons. The van der Waals surface area contributed by atoms with Gasteiger partial charge in [0.1, 0.15) is 16.8 Å². The first-order chi connectivity index (χ1) is 32.9. The average molecular weight is 861 g/mol. The molecule has 0 aliphatic heterocycles. The zero-order chi connectivity index (χ0) is 44.8. The molecule has 0 N–H and O–H groups in total. The van der Waals surface area contributed by atoms with Crippen LogP contribution in [0.5, 0.6) is 0 Å². The molecule has 0 unspecified atom stereocenters. The quantitative estimate of drug-likeness (QED) is 0.167. The van der Waals surface area contributed by atoms with Gasteiger partial charge in [-0.1, -0.05) is 166 Å². The van der Waals surface area contributed by atoms with Crippen molar-refractivity contribution in [2.75, 3.05) is 0 Å². The largest absolute Gasteiger partial charge is 0.452 e. The van der Waals surface area contributed by atoms with Gasteiger partial charge in [0.25, 0.3) is 0 Å². The summed E-state index contributed by atoms with van der Waals surface area (Å²) in [6.45, 7) is 6.89. The van der Waals surface area contributed by atoms with E-state index in [-0.39, 0.29) is 5.41 Å². The van der Waals surface area contributed by atoms with Crippen LogP contribution in [0.1, 0.15) is 26.3 Å². The van der Waals surface area contributed by atoms with Gasteiger partial charge in [-0.05, 0) is 88.8 Å². The van der Waals surface area contributed by atoms with Gasteiger partial charge < -0.3 is 13.6 Å². The molecule has 0 amide bonds. The lowest BCUT2D eigenvalue weighted by molar-refractivity contribution is 0.591. The van der Waals surface area contributed by atoms with E-state index in [0.29, 0.717) is 11.4 Å². The van der Waals surface area contributed by atoms with Gasteiger partial charge in [-0.3, -0.25) is 0 Å². The smallest absolute Gasteiger partial charge is 0.180 e. The van der Waals surface area contributed by atoms with Gasteiger partial charge in [0.2, 0.25) is 0 Å². The summed E-state index contributed by atoms with van der Waals surface area (Å²) in [6.07, 6.45) is 0. The Morgan fingerprint density at radius 1 is 0.403 bits per heavy atom. The number of rotatable bonds is 6. The fraction of sp³-hybridized carbons (Fsp3) is 0.0645. The summed E-state index contributed by atoms with van der Waals surface area (Å²) < 4.78 is 11.7. The number of benzene rings is 9. The molecular weight excluding hydrogens is 817 g/mol. The Morgan fingerprint density at radius 2 is 0.910 bits per heavy atom. The van der Waals surface area contributed by atoms with Crippen LogP contribution in [-0.2, 0) is 5.41 Å². The Bertz CT molecular complexity index is 3950. The van der Waals surface area contributed by atoms with Crippen LogP contribution < -0.4 is 0 Å². The topological polar surface area (TPSA) is 48.8 Å². The molecule has 0 saturated carbocycles. The lowest BCUT2D eigenvalue weighted by atomic mass is 9.86. The van der Waals surface area contributed by atoms with Crippen LogP contribution in [0, 0.1) is 0 Å². The SMILES string of the molecule is CC(C)(C)c1ccc2c(c1)c1cc(-n3c4ccccc4c4ccccc43)ccc1n2-c1c(-c2ccccc2)cc(-c2nc(-c3ccccc3)nc3c2oc2ccccc23)cc1-c1ccccc1. The van der Waals surface area contributed by atoms with E-state index in [0.717, 1.165) is 78.0 Å². The summed E-state index contributed by atoms with van der Waals surface area (Å²) in [6, 6.07) is 76.2. The first-order valence-corrected chi connectivity index (χ1v) is 23.0. The van der Waals surface area contributed by atoms with Crippen molar-refractivity contribution in [3.8, 4) is 56.3 Å². The number of para-hydroxylation sites is 3. The molecule has 5 heteroatoms. The molecule has 13 rings (SSSR count). The van der Waals surface area contributed by atoms with Crippen molar-refractivity contribution in [1.82, 2.24) is 19.1 Å². The molecule has 0 aliphatic rings. The lowest BCUT2D eigenvalue weighted by Crippen LogP contribution is -2.10. The third kappa shape index (κ3) is 6.23. The number of aromatic nitrogens is 4. The van der Waals surface area contributed by atoms with Crippen molar-refractivity contribution < 1.29 is 4.42 Å². The van der Waals surface area contributed by atoms with Crippen molar-refractivity contribution in [3.63, 3.8) is 0 Å². The molecule has 0 bridgehead atoms. The van der Waals surface area contributed by atoms with Gasteiger partial charge in [-0.2, -0.15) is 0 Å². The van der Waals surface area contributed by atoms with Crippen LogP contribution in [0.2, 0.25) is 0 Å². The van der Waals surface area contributed by atoms with E-state index in [9.17, 15) is 0 Å². The van der Waals surface area contributed by atoms with Crippen LogP contribution in [0.15, 0.2) is 217 Å². The normalized spacial score (nSPS) is 12.1. The molecule has 0 fully saturated rings. The molecular formula is C62H44N4O. The Morgan fingerprint density at radius 3 is 1.52 bits per heavy atom. The maximum atomic E-state index is 6.74. The third-order valence-corrected chi connectivity index (χ3v) is 13.5. The lowest BCUT2D eigenvalue weighted by Gasteiger charge is -2.22. The summed E-state index contributed by atoms with van der Waals surface area (Å²) in [5.74, 6) is 0.650. The van der Waals surface area contributed by atoms with Gasteiger partial charge in [-0.15, -0.1) is 0 Å². The summed E-state index contributed by atoms with van der Waals surface area (Å²) in [7, 11) is 0. The first-order valence-electron chi connectivity index (χ1n) is 23.0. The Labute approximate surface area is 387 Å². The Kier molecular flexibility index (Phi) is 8.71. The predicted molar refractivity (Wildman–Crippen MR) is 278 cm³/mol.